The predicted octanol–water partition coefficient (Wildman–Crippen LogP) is 0.565. The van der Waals surface area contributed by atoms with E-state index >= 15 is 0 Å². The van der Waals surface area contributed by atoms with E-state index in [0.29, 0.717) is 17.0 Å². The summed E-state index contributed by atoms with van der Waals surface area (Å²) in [5.74, 6) is -0.840. The van der Waals surface area contributed by atoms with Crippen LogP contribution in [0.5, 0.6) is 0 Å². The molecule has 1 unspecified atom stereocenters. The summed E-state index contributed by atoms with van der Waals surface area (Å²) in [6.45, 7) is 4.90. The maximum absolute atomic E-state index is 12.6. The summed E-state index contributed by atoms with van der Waals surface area (Å²) < 4.78 is 29.1. The van der Waals surface area contributed by atoms with Crippen molar-refractivity contribution in [2.75, 3.05) is 0 Å². The topological polar surface area (TPSA) is 127 Å². The largest absolute Gasteiger partial charge is 0.478 e. The lowest BCUT2D eigenvalue weighted by molar-refractivity contribution is 0.0696. The third-order valence-electron chi connectivity index (χ3n) is 3.53. The number of sulfonamides is 1. The van der Waals surface area contributed by atoms with Crippen LogP contribution in [-0.4, -0.2) is 39.7 Å². The Hall–Kier alpha value is -2.33. The zero-order chi connectivity index (χ0) is 17.4. The fourth-order valence-corrected chi connectivity index (χ4v) is 3.73. The highest BCUT2D eigenvalue weighted by atomic mass is 32.2. The molecular formula is C13H17N5O4S. The summed E-state index contributed by atoms with van der Waals surface area (Å²) >= 11 is 0. The molecule has 2 aromatic rings. The van der Waals surface area contributed by atoms with Crippen LogP contribution in [-0.2, 0) is 17.1 Å². The fourth-order valence-electron chi connectivity index (χ4n) is 2.18. The van der Waals surface area contributed by atoms with Gasteiger partial charge in [-0.15, -0.1) is 5.10 Å². The summed E-state index contributed by atoms with van der Waals surface area (Å²) in [5.41, 5.74) is 0.991. The Labute approximate surface area is 133 Å². The number of aromatic nitrogens is 4. The van der Waals surface area contributed by atoms with Crippen molar-refractivity contribution in [1.29, 1.82) is 0 Å². The van der Waals surface area contributed by atoms with Crippen LogP contribution in [0.2, 0.25) is 0 Å². The van der Waals surface area contributed by atoms with Gasteiger partial charge < -0.3 is 5.11 Å². The quantitative estimate of drug-likeness (QED) is 0.815. The van der Waals surface area contributed by atoms with Crippen LogP contribution in [0.15, 0.2) is 17.0 Å². The predicted molar refractivity (Wildman–Crippen MR) is 80.4 cm³/mol. The van der Waals surface area contributed by atoms with Crippen molar-refractivity contribution in [2.45, 2.75) is 31.7 Å². The van der Waals surface area contributed by atoms with Gasteiger partial charge in [0, 0.05) is 7.05 Å². The first-order valence-corrected chi connectivity index (χ1v) is 8.21. The minimum absolute atomic E-state index is 0.0723. The van der Waals surface area contributed by atoms with Crippen molar-refractivity contribution in [1.82, 2.24) is 24.9 Å². The molecule has 0 aliphatic heterocycles. The van der Waals surface area contributed by atoms with E-state index in [4.69, 9.17) is 5.11 Å². The van der Waals surface area contributed by atoms with Gasteiger partial charge in [-0.3, -0.25) is 0 Å². The molecule has 0 radical (unpaired) electrons. The third-order valence-corrected chi connectivity index (χ3v) is 5.20. The van der Waals surface area contributed by atoms with Crippen LogP contribution < -0.4 is 4.72 Å². The van der Waals surface area contributed by atoms with E-state index in [1.54, 1.807) is 27.8 Å². The number of aryl methyl sites for hydroxylation is 2. The third kappa shape index (κ3) is 3.37. The van der Waals surface area contributed by atoms with Gasteiger partial charge in [0.15, 0.2) is 5.82 Å². The molecule has 9 nitrogen and oxygen atoms in total. The van der Waals surface area contributed by atoms with E-state index in [0.717, 1.165) is 6.07 Å². The molecule has 0 saturated carbocycles. The van der Waals surface area contributed by atoms with E-state index in [1.165, 1.54) is 10.7 Å². The molecule has 1 heterocycles. The Kier molecular flexibility index (Phi) is 4.48. The summed E-state index contributed by atoms with van der Waals surface area (Å²) in [6.07, 6.45) is 0. The van der Waals surface area contributed by atoms with Gasteiger partial charge in [-0.05, 0) is 54.5 Å². The smallest absolute Gasteiger partial charge is 0.335 e. The molecule has 2 N–H and O–H groups in total. The van der Waals surface area contributed by atoms with Crippen molar-refractivity contribution in [3.63, 3.8) is 0 Å². The van der Waals surface area contributed by atoms with Gasteiger partial charge in [0.1, 0.15) is 0 Å². The monoisotopic (exact) mass is 339 g/mol. The molecule has 23 heavy (non-hydrogen) atoms. The van der Waals surface area contributed by atoms with E-state index in [9.17, 15) is 13.2 Å². The van der Waals surface area contributed by atoms with Gasteiger partial charge in [0.05, 0.1) is 16.5 Å². The van der Waals surface area contributed by atoms with E-state index in [1.807, 2.05) is 0 Å². The maximum Gasteiger partial charge on any atom is 0.335 e. The molecule has 0 aliphatic rings. The Bertz CT molecular complexity index is 859. The number of nitrogens with zero attached hydrogens (tertiary/aromatic N) is 4. The molecule has 124 valence electrons. The number of aromatic carboxylic acids is 1. The number of hydrogen-bond acceptors (Lipinski definition) is 6. The summed E-state index contributed by atoms with van der Waals surface area (Å²) in [5, 5.41) is 20.0. The van der Waals surface area contributed by atoms with E-state index in [2.05, 4.69) is 20.2 Å². The highest BCUT2D eigenvalue weighted by Gasteiger charge is 2.25. The van der Waals surface area contributed by atoms with Crippen LogP contribution in [0.4, 0.5) is 0 Å². The van der Waals surface area contributed by atoms with Crippen molar-refractivity contribution in [2.24, 2.45) is 7.05 Å². The fraction of sp³-hybridized carbons (Fsp3) is 0.385. The minimum atomic E-state index is -3.93. The van der Waals surface area contributed by atoms with Gasteiger partial charge in [-0.1, -0.05) is 0 Å². The first-order valence-electron chi connectivity index (χ1n) is 6.72. The molecule has 1 aromatic heterocycles. The molecule has 10 heteroatoms. The van der Waals surface area contributed by atoms with Crippen LogP contribution >= 0.6 is 0 Å². The number of carboxylic acids is 1. The molecule has 1 atom stereocenters. The molecule has 0 amide bonds. The number of rotatable bonds is 5. The van der Waals surface area contributed by atoms with Crippen LogP contribution in [0.1, 0.15) is 40.3 Å². The van der Waals surface area contributed by atoms with E-state index in [-0.39, 0.29) is 10.5 Å². The first kappa shape index (κ1) is 17.0. The SMILES string of the molecule is Cc1cc(C(=O)O)cc(S(=O)(=O)NC(C)c2nnnn2C)c1C. The van der Waals surface area contributed by atoms with Crippen LogP contribution in [0.25, 0.3) is 0 Å². The summed E-state index contributed by atoms with van der Waals surface area (Å²) in [6, 6.07) is 1.91. The van der Waals surface area contributed by atoms with Crippen LogP contribution in [0.3, 0.4) is 0 Å². The molecule has 0 spiro atoms. The molecule has 2 rings (SSSR count). The molecular weight excluding hydrogens is 322 g/mol. The highest BCUT2D eigenvalue weighted by molar-refractivity contribution is 7.89. The lowest BCUT2D eigenvalue weighted by Gasteiger charge is -2.16. The summed E-state index contributed by atoms with van der Waals surface area (Å²) in [7, 11) is -2.34. The molecule has 0 aliphatic carbocycles. The first-order chi connectivity index (χ1) is 10.6. The molecule has 0 saturated heterocycles. The normalized spacial score (nSPS) is 13.0. The van der Waals surface area contributed by atoms with Gasteiger partial charge in [-0.2, -0.15) is 0 Å². The average molecular weight is 339 g/mol. The second-order valence-electron chi connectivity index (χ2n) is 5.23. The van der Waals surface area contributed by atoms with Crippen molar-refractivity contribution in [3.8, 4) is 0 Å². The molecule has 0 bridgehead atoms. The lowest BCUT2D eigenvalue weighted by Crippen LogP contribution is -2.29. The van der Waals surface area contributed by atoms with Crippen LogP contribution in [0, 0.1) is 13.8 Å². The zero-order valence-electron chi connectivity index (χ0n) is 13.1. The van der Waals surface area contributed by atoms with Gasteiger partial charge in [0.25, 0.3) is 0 Å². The Morgan fingerprint density at radius 1 is 1.35 bits per heavy atom. The number of tetrazole rings is 1. The Morgan fingerprint density at radius 2 is 2.00 bits per heavy atom. The zero-order valence-corrected chi connectivity index (χ0v) is 13.9. The van der Waals surface area contributed by atoms with Gasteiger partial charge >= 0.3 is 5.97 Å². The Morgan fingerprint density at radius 3 is 2.52 bits per heavy atom. The highest BCUT2D eigenvalue weighted by Crippen LogP contribution is 2.23. The number of carbonyl (C=O) groups is 1. The van der Waals surface area contributed by atoms with Gasteiger partial charge in [-0.25, -0.2) is 22.6 Å². The van der Waals surface area contributed by atoms with Crippen molar-refractivity contribution < 1.29 is 18.3 Å². The Balaban J connectivity index is 2.44. The second kappa shape index (κ2) is 6.05. The number of nitrogens with one attached hydrogen (secondary N) is 1. The van der Waals surface area contributed by atoms with Crippen molar-refractivity contribution >= 4 is 16.0 Å². The number of carboxylic acid groups (broad SMARTS) is 1. The molecule has 0 fully saturated rings. The summed E-state index contributed by atoms with van der Waals surface area (Å²) in [4.78, 5) is 11.1. The maximum atomic E-state index is 12.6. The van der Waals surface area contributed by atoms with E-state index < -0.39 is 22.0 Å². The van der Waals surface area contributed by atoms with Crippen molar-refractivity contribution in [3.05, 3.63) is 34.6 Å². The number of hydrogen-bond donors (Lipinski definition) is 2. The minimum Gasteiger partial charge on any atom is -0.478 e. The van der Waals surface area contributed by atoms with Gasteiger partial charge in [0.2, 0.25) is 10.0 Å². The average Bonchev–Trinajstić information content (AvgIpc) is 2.87. The second-order valence-corrected chi connectivity index (χ2v) is 6.91. The lowest BCUT2D eigenvalue weighted by atomic mass is 10.1. The number of benzene rings is 1. The standard InChI is InChI=1S/C13H17N5O4S/c1-7-5-10(13(19)20)6-11(8(7)2)23(21,22)15-9(3)12-14-16-17-18(12)4/h5-6,9,15H,1-4H3,(H,19,20). The molecule has 1 aromatic carbocycles.